The van der Waals surface area contributed by atoms with Gasteiger partial charge in [-0.1, -0.05) is 37.8 Å². The minimum atomic E-state index is 0.117. The average molecular weight is 289 g/mol. The molecule has 0 aliphatic carbocycles. The number of nitrogens with zero attached hydrogens (tertiary/aromatic N) is 1. The molecule has 0 unspecified atom stereocenters. The van der Waals surface area contributed by atoms with Gasteiger partial charge in [0.2, 0.25) is 0 Å². The summed E-state index contributed by atoms with van der Waals surface area (Å²) in [6, 6.07) is 8.32. The van der Waals surface area contributed by atoms with Crippen LogP contribution in [0, 0.1) is 17.8 Å². The number of methoxy groups -OCH3 is 1. The molecule has 21 heavy (non-hydrogen) atoms. The number of rotatable bonds is 8. The van der Waals surface area contributed by atoms with Crippen molar-refractivity contribution in [3.63, 3.8) is 0 Å². The lowest BCUT2D eigenvalue weighted by molar-refractivity contribution is 0.136. The van der Waals surface area contributed by atoms with Crippen molar-refractivity contribution in [1.82, 2.24) is 4.90 Å². The maximum absolute atomic E-state index is 8.76. The highest BCUT2D eigenvalue weighted by atomic mass is 16.5. The quantitative estimate of drug-likeness (QED) is 0.747. The minimum absolute atomic E-state index is 0.117. The number of hydrogen-bond acceptors (Lipinski definition) is 3. The lowest BCUT2D eigenvalue weighted by atomic mass is 10.1. The van der Waals surface area contributed by atoms with E-state index in [1.807, 2.05) is 12.1 Å². The Hall–Kier alpha value is -1.34. The first kappa shape index (κ1) is 17.7. The topological polar surface area (TPSA) is 32.7 Å². The van der Waals surface area contributed by atoms with E-state index >= 15 is 0 Å². The molecular weight excluding hydrogens is 262 g/mol. The first-order chi connectivity index (χ1) is 10.2. The van der Waals surface area contributed by atoms with Gasteiger partial charge in [-0.15, -0.1) is 0 Å². The van der Waals surface area contributed by atoms with Gasteiger partial charge in [-0.3, -0.25) is 4.90 Å². The van der Waals surface area contributed by atoms with Gasteiger partial charge in [0.1, 0.15) is 0 Å². The van der Waals surface area contributed by atoms with Crippen molar-refractivity contribution in [2.75, 3.05) is 33.4 Å². The second kappa shape index (κ2) is 10.4. The van der Waals surface area contributed by atoms with E-state index in [-0.39, 0.29) is 6.61 Å². The van der Waals surface area contributed by atoms with Gasteiger partial charge in [0, 0.05) is 38.7 Å². The molecule has 0 saturated heterocycles. The van der Waals surface area contributed by atoms with Crippen molar-refractivity contribution in [2.45, 2.75) is 26.8 Å². The van der Waals surface area contributed by atoms with Crippen molar-refractivity contribution in [1.29, 1.82) is 0 Å². The van der Waals surface area contributed by atoms with Crippen LogP contribution in [0.1, 0.15) is 31.4 Å². The molecule has 0 spiro atoms. The highest BCUT2D eigenvalue weighted by Crippen LogP contribution is 2.10. The van der Waals surface area contributed by atoms with Gasteiger partial charge in [0.05, 0.1) is 13.2 Å². The van der Waals surface area contributed by atoms with Crippen molar-refractivity contribution in [3.8, 4) is 11.8 Å². The molecular formula is C18H27NO2. The Labute approximate surface area is 128 Å². The van der Waals surface area contributed by atoms with Crippen LogP contribution >= 0.6 is 0 Å². The Balaban J connectivity index is 2.69. The zero-order valence-electron chi connectivity index (χ0n) is 13.4. The summed E-state index contributed by atoms with van der Waals surface area (Å²) >= 11 is 0. The molecule has 0 aliphatic heterocycles. The van der Waals surface area contributed by atoms with E-state index < -0.39 is 0 Å². The first-order valence-corrected chi connectivity index (χ1v) is 7.55. The zero-order valence-corrected chi connectivity index (χ0v) is 13.4. The highest BCUT2D eigenvalue weighted by Gasteiger charge is 2.08. The highest BCUT2D eigenvalue weighted by molar-refractivity contribution is 5.37. The number of ether oxygens (including phenoxy) is 1. The van der Waals surface area contributed by atoms with E-state index in [4.69, 9.17) is 9.84 Å². The molecule has 0 atom stereocenters. The smallest absolute Gasteiger partial charge is 0.0589 e. The predicted molar refractivity (Wildman–Crippen MR) is 87.0 cm³/mol. The summed E-state index contributed by atoms with van der Waals surface area (Å²) in [6.07, 6.45) is 0.525. The second-order valence-electron chi connectivity index (χ2n) is 5.60. The molecule has 1 aromatic rings. The van der Waals surface area contributed by atoms with E-state index in [1.165, 1.54) is 5.56 Å². The average Bonchev–Trinajstić information content (AvgIpc) is 2.45. The number of benzene rings is 1. The minimum Gasteiger partial charge on any atom is -0.395 e. The maximum atomic E-state index is 8.76. The normalized spacial score (nSPS) is 10.8. The molecule has 0 bridgehead atoms. The van der Waals surface area contributed by atoms with Crippen LogP contribution in [0.2, 0.25) is 0 Å². The number of aliphatic hydroxyl groups excluding tert-OH is 1. The van der Waals surface area contributed by atoms with E-state index in [0.717, 1.165) is 31.8 Å². The molecule has 3 heteroatoms. The van der Waals surface area contributed by atoms with Crippen LogP contribution in [0.4, 0.5) is 0 Å². The van der Waals surface area contributed by atoms with Gasteiger partial charge in [0.25, 0.3) is 0 Å². The summed E-state index contributed by atoms with van der Waals surface area (Å²) in [5, 5.41) is 8.76. The molecule has 0 aliphatic rings. The van der Waals surface area contributed by atoms with E-state index in [0.29, 0.717) is 12.3 Å². The van der Waals surface area contributed by atoms with Crippen LogP contribution in [-0.2, 0) is 11.3 Å². The maximum Gasteiger partial charge on any atom is 0.0589 e. The van der Waals surface area contributed by atoms with Crippen LogP contribution < -0.4 is 0 Å². The first-order valence-electron chi connectivity index (χ1n) is 7.55. The molecule has 0 aromatic heterocycles. The summed E-state index contributed by atoms with van der Waals surface area (Å²) < 4.78 is 5.19. The molecule has 1 N–H and O–H groups in total. The van der Waals surface area contributed by atoms with Crippen LogP contribution in [0.25, 0.3) is 0 Å². The Morgan fingerprint density at radius 2 is 2.14 bits per heavy atom. The fourth-order valence-corrected chi connectivity index (χ4v) is 2.20. The third-order valence-electron chi connectivity index (χ3n) is 3.04. The Kier molecular flexibility index (Phi) is 8.77. The van der Waals surface area contributed by atoms with Crippen LogP contribution in [0.5, 0.6) is 0 Å². The molecule has 0 fully saturated rings. The lowest BCUT2D eigenvalue weighted by Gasteiger charge is -2.24. The number of hydrogen-bond donors (Lipinski definition) is 1. The number of aliphatic hydroxyl groups is 1. The van der Waals surface area contributed by atoms with Crippen molar-refractivity contribution < 1.29 is 9.84 Å². The summed E-state index contributed by atoms with van der Waals surface area (Å²) in [7, 11) is 1.74. The fourth-order valence-electron chi connectivity index (χ4n) is 2.20. The Morgan fingerprint density at radius 3 is 2.81 bits per heavy atom. The lowest BCUT2D eigenvalue weighted by Crippen LogP contribution is -2.30. The molecule has 3 nitrogen and oxygen atoms in total. The molecule has 116 valence electrons. The summed E-state index contributed by atoms with van der Waals surface area (Å²) in [6.45, 7) is 8.25. The Morgan fingerprint density at radius 1 is 1.33 bits per heavy atom. The van der Waals surface area contributed by atoms with Crippen LogP contribution in [0.15, 0.2) is 24.3 Å². The molecule has 1 aromatic carbocycles. The zero-order chi connectivity index (χ0) is 15.5. The largest absolute Gasteiger partial charge is 0.395 e. The predicted octanol–water partition coefficient (Wildman–Crippen LogP) is 2.52. The molecule has 0 saturated carbocycles. The van der Waals surface area contributed by atoms with Gasteiger partial charge >= 0.3 is 0 Å². The third kappa shape index (κ3) is 7.87. The van der Waals surface area contributed by atoms with E-state index in [1.54, 1.807) is 7.11 Å². The van der Waals surface area contributed by atoms with Crippen molar-refractivity contribution >= 4 is 0 Å². The second-order valence-corrected chi connectivity index (χ2v) is 5.60. The molecule has 0 heterocycles. The molecule has 0 amide bonds. The summed E-state index contributed by atoms with van der Waals surface area (Å²) in [4.78, 5) is 2.41. The van der Waals surface area contributed by atoms with E-state index in [9.17, 15) is 0 Å². The summed E-state index contributed by atoms with van der Waals surface area (Å²) in [5.74, 6) is 6.69. The van der Waals surface area contributed by atoms with Gasteiger partial charge in [-0.2, -0.15) is 0 Å². The third-order valence-corrected chi connectivity index (χ3v) is 3.04. The van der Waals surface area contributed by atoms with Gasteiger partial charge in [0.15, 0.2) is 0 Å². The van der Waals surface area contributed by atoms with Crippen LogP contribution in [0.3, 0.4) is 0 Å². The Bertz CT molecular complexity index is 460. The molecule has 1 rings (SSSR count). The summed E-state index contributed by atoms with van der Waals surface area (Å²) in [5.41, 5.74) is 2.28. The standard InChI is InChI=1S/C18H27NO2/c1-16(2)14-19(10-12-21-3)15-18-9-6-8-17(13-18)7-4-5-11-20/h6,8-9,13,16,20H,5,10-12,14-15H2,1-3H3. The SMILES string of the molecule is COCCN(Cc1cccc(C#CCCO)c1)CC(C)C. The van der Waals surface area contributed by atoms with Crippen molar-refractivity contribution in [3.05, 3.63) is 35.4 Å². The van der Waals surface area contributed by atoms with Crippen molar-refractivity contribution in [2.24, 2.45) is 5.92 Å². The molecule has 0 radical (unpaired) electrons. The monoisotopic (exact) mass is 289 g/mol. The van der Waals surface area contributed by atoms with Crippen LogP contribution in [-0.4, -0.2) is 43.4 Å². The van der Waals surface area contributed by atoms with E-state index in [2.05, 4.69) is 42.7 Å². The van der Waals surface area contributed by atoms with Gasteiger partial charge < -0.3 is 9.84 Å². The van der Waals surface area contributed by atoms with Gasteiger partial charge in [-0.05, 0) is 23.6 Å². The fraction of sp³-hybridized carbons (Fsp3) is 0.556. The van der Waals surface area contributed by atoms with Gasteiger partial charge in [-0.25, -0.2) is 0 Å².